The van der Waals surface area contributed by atoms with Gasteiger partial charge in [0.25, 0.3) is 5.91 Å². The molecule has 4 aromatic rings. The molecule has 1 aliphatic heterocycles. The summed E-state index contributed by atoms with van der Waals surface area (Å²) in [5, 5.41) is 12.5. The number of likely N-dealkylation sites (tertiary alicyclic amines) is 1. The van der Waals surface area contributed by atoms with Crippen LogP contribution in [0.2, 0.25) is 0 Å². The number of piperidine rings is 1. The number of fused-ring (bicyclic) bond motifs is 3. The van der Waals surface area contributed by atoms with E-state index in [4.69, 9.17) is 10.8 Å². The van der Waals surface area contributed by atoms with Crippen LogP contribution in [-0.4, -0.2) is 58.8 Å². The second kappa shape index (κ2) is 8.29. The third-order valence-corrected chi connectivity index (χ3v) is 7.12. The van der Waals surface area contributed by atoms with Gasteiger partial charge in [0.1, 0.15) is 17.8 Å². The van der Waals surface area contributed by atoms with Gasteiger partial charge in [-0.1, -0.05) is 18.7 Å². The second-order valence-electron chi connectivity index (χ2n) is 9.35. The van der Waals surface area contributed by atoms with Crippen LogP contribution >= 0.6 is 0 Å². The highest BCUT2D eigenvalue weighted by atomic mass is 16.2. The number of rotatable bonds is 5. The molecule has 3 aromatic heterocycles. The summed E-state index contributed by atoms with van der Waals surface area (Å²) < 4.78 is 3.52. The van der Waals surface area contributed by atoms with E-state index in [1.165, 1.54) is 12.4 Å². The van der Waals surface area contributed by atoms with E-state index in [0.29, 0.717) is 39.7 Å². The van der Waals surface area contributed by atoms with Gasteiger partial charge in [-0.05, 0) is 37.0 Å². The lowest BCUT2D eigenvalue weighted by atomic mass is 10.1. The number of benzene rings is 1. The Morgan fingerprint density at radius 1 is 1.17 bits per heavy atom. The van der Waals surface area contributed by atoms with Gasteiger partial charge in [-0.15, -0.1) is 0 Å². The number of hydrogen-bond donors (Lipinski definition) is 2. The Labute approximate surface area is 206 Å². The van der Waals surface area contributed by atoms with Crippen molar-refractivity contribution in [2.75, 3.05) is 17.6 Å². The lowest BCUT2D eigenvalue weighted by Gasteiger charge is -2.32. The Morgan fingerprint density at radius 2 is 1.94 bits per heavy atom. The average molecular weight is 484 g/mol. The quantitative estimate of drug-likeness (QED) is 0.416. The fraction of sp³-hybridized carbons (Fsp3) is 0.280. The van der Waals surface area contributed by atoms with Gasteiger partial charge < -0.3 is 16.0 Å². The van der Waals surface area contributed by atoms with E-state index in [1.54, 1.807) is 36.3 Å². The van der Waals surface area contributed by atoms with Crippen molar-refractivity contribution in [2.24, 2.45) is 13.0 Å². The first-order valence-corrected chi connectivity index (χ1v) is 11.7. The highest BCUT2D eigenvalue weighted by Gasteiger charge is 2.48. The second-order valence-corrected chi connectivity index (χ2v) is 9.35. The van der Waals surface area contributed by atoms with Crippen LogP contribution in [0.3, 0.4) is 0 Å². The molecule has 182 valence electrons. The van der Waals surface area contributed by atoms with Crippen molar-refractivity contribution in [3.63, 3.8) is 0 Å². The first kappa shape index (κ1) is 22.0. The maximum atomic E-state index is 12.7. The molecule has 1 saturated carbocycles. The van der Waals surface area contributed by atoms with E-state index in [2.05, 4.69) is 27.0 Å². The lowest BCUT2D eigenvalue weighted by molar-refractivity contribution is -0.128. The zero-order valence-corrected chi connectivity index (χ0v) is 19.7. The summed E-state index contributed by atoms with van der Waals surface area (Å²) in [6, 6.07) is 7.19. The van der Waals surface area contributed by atoms with E-state index in [0.717, 1.165) is 24.9 Å². The Morgan fingerprint density at radius 3 is 2.64 bits per heavy atom. The number of nitrogen functional groups attached to an aromatic ring is 1. The molecule has 11 heteroatoms. The number of amides is 2. The minimum Gasteiger partial charge on any atom is -0.383 e. The fourth-order valence-corrected chi connectivity index (χ4v) is 5.52. The molecular formula is C25H25N9O2. The summed E-state index contributed by atoms with van der Waals surface area (Å²) in [7, 11) is 1.79. The third-order valence-electron chi connectivity index (χ3n) is 7.12. The molecule has 11 nitrogen and oxygen atoms in total. The van der Waals surface area contributed by atoms with Crippen LogP contribution in [0.5, 0.6) is 0 Å². The molecule has 36 heavy (non-hydrogen) atoms. The van der Waals surface area contributed by atoms with Crippen molar-refractivity contribution in [3.8, 4) is 11.3 Å². The number of nitrogens with zero attached hydrogens (tertiary/aromatic N) is 7. The highest BCUT2D eigenvalue weighted by molar-refractivity contribution is 6.05. The van der Waals surface area contributed by atoms with Crippen molar-refractivity contribution in [1.82, 2.24) is 34.4 Å². The van der Waals surface area contributed by atoms with E-state index in [-0.39, 0.29) is 23.9 Å². The van der Waals surface area contributed by atoms with E-state index >= 15 is 0 Å². The molecule has 6 rings (SSSR count). The number of hydrogen-bond acceptors (Lipinski definition) is 7. The van der Waals surface area contributed by atoms with E-state index in [9.17, 15) is 9.59 Å². The fourth-order valence-electron chi connectivity index (χ4n) is 5.52. The maximum absolute atomic E-state index is 12.7. The van der Waals surface area contributed by atoms with Crippen LogP contribution < -0.4 is 11.1 Å². The molecule has 1 aliphatic carbocycles. The first-order chi connectivity index (χ1) is 17.4. The SMILES string of the molecule is C=CC(=O)N1CC2CC1C(n1nc(-c3ccc(C(=O)Nc4cnn(C)c4)cc3)c3c(N)ncnc31)C2. The van der Waals surface area contributed by atoms with Crippen LogP contribution in [0.1, 0.15) is 29.2 Å². The van der Waals surface area contributed by atoms with Crippen molar-refractivity contribution in [1.29, 1.82) is 0 Å². The van der Waals surface area contributed by atoms with Gasteiger partial charge in [0, 0.05) is 30.9 Å². The van der Waals surface area contributed by atoms with Gasteiger partial charge in [0.2, 0.25) is 5.91 Å². The number of nitrogens with two attached hydrogens (primary N) is 1. The van der Waals surface area contributed by atoms with Crippen molar-refractivity contribution >= 4 is 34.4 Å². The summed E-state index contributed by atoms with van der Waals surface area (Å²) in [6.45, 7) is 4.40. The Hall–Kier alpha value is -4.54. The zero-order chi connectivity index (χ0) is 25.0. The van der Waals surface area contributed by atoms with Gasteiger partial charge in [-0.25, -0.2) is 14.6 Å². The number of carbonyl (C=O) groups is 2. The summed E-state index contributed by atoms with van der Waals surface area (Å²) in [6.07, 6.45) is 7.98. The number of aryl methyl sites for hydroxylation is 1. The predicted molar refractivity (Wildman–Crippen MR) is 134 cm³/mol. The van der Waals surface area contributed by atoms with E-state index in [1.807, 2.05) is 21.7 Å². The van der Waals surface area contributed by atoms with Crippen LogP contribution in [-0.2, 0) is 11.8 Å². The molecular weight excluding hydrogens is 458 g/mol. The van der Waals surface area contributed by atoms with Gasteiger partial charge in [-0.2, -0.15) is 10.2 Å². The zero-order valence-electron chi connectivity index (χ0n) is 19.7. The minimum atomic E-state index is -0.234. The standard InChI is InChI=1S/C25H25N9O2/c1-3-20(35)33-11-14-8-18(33)19(9-14)34-24-21(23(26)27-13-28-24)22(31-34)15-4-6-16(7-5-15)25(36)30-17-10-29-32(2)12-17/h3-7,10,12-14,18-19H,1,8-9,11H2,2H3,(H,30,36)(H2,26,27,28). The normalized spacial score (nSPS) is 20.7. The Bertz CT molecular complexity index is 1500. The number of anilines is 2. The summed E-state index contributed by atoms with van der Waals surface area (Å²) in [5.74, 6) is 0.463. The molecule has 4 heterocycles. The molecule has 1 aromatic carbocycles. The molecule has 0 radical (unpaired) electrons. The highest BCUT2D eigenvalue weighted by Crippen LogP contribution is 2.46. The van der Waals surface area contributed by atoms with Crippen LogP contribution in [0, 0.1) is 5.92 Å². The molecule has 2 bridgehead atoms. The minimum absolute atomic E-state index is 0.0114. The molecule has 2 fully saturated rings. The van der Waals surface area contributed by atoms with Crippen molar-refractivity contribution in [2.45, 2.75) is 24.9 Å². The van der Waals surface area contributed by atoms with Gasteiger partial charge in [0.05, 0.1) is 29.4 Å². The average Bonchev–Trinajstić information content (AvgIpc) is 3.67. The molecule has 3 atom stereocenters. The van der Waals surface area contributed by atoms with Crippen molar-refractivity contribution in [3.05, 3.63) is 61.2 Å². The topological polar surface area (TPSA) is 137 Å². The molecule has 3 N–H and O–H groups in total. The summed E-state index contributed by atoms with van der Waals surface area (Å²) in [5.41, 5.74) is 9.49. The lowest BCUT2D eigenvalue weighted by Crippen LogP contribution is -2.42. The summed E-state index contributed by atoms with van der Waals surface area (Å²) >= 11 is 0. The van der Waals surface area contributed by atoms with Gasteiger partial charge >= 0.3 is 0 Å². The number of carbonyl (C=O) groups excluding carboxylic acids is 2. The monoisotopic (exact) mass is 483 g/mol. The predicted octanol–water partition coefficient (Wildman–Crippen LogP) is 2.41. The first-order valence-electron chi connectivity index (χ1n) is 11.7. The van der Waals surface area contributed by atoms with Gasteiger partial charge in [-0.3, -0.25) is 14.3 Å². The maximum Gasteiger partial charge on any atom is 0.255 e. The van der Waals surface area contributed by atoms with E-state index < -0.39 is 0 Å². The number of aromatic nitrogens is 6. The molecule has 1 saturated heterocycles. The van der Waals surface area contributed by atoms with Crippen LogP contribution in [0.4, 0.5) is 11.5 Å². The number of nitrogens with one attached hydrogen (secondary N) is 1. The molecule has 2 aliphatic rings. The molecule has 2 amide bonds. The van der Waals surface area contributed by atoms with Crippen molar-refractivity contribution < 1.29 is 9.59 Å². The van der Waals surface area contributed by atoms with Crippen LogP contribution in [0.25, 0.3) is 22.3 Å². The largest absolute Gasteiger partial charge is 0.383 e. The Balaban J connectivity index is 1.35. The van der Waals surface area contributed by atoms with Crippen LogP contribution in [0.15, 0.2) is 55.6 Å². The third kappa shape index (κ3) is 3.51. The Kier molecular flexibility index (Phi) is 5.06. The molecule has 0 spiro atoms. The summed E-state index contributed by atoms with van der Waals surface area (Å²) in [4.78, 5) is 35.7. The van der Waals surface area contributed by atoms with Gasteiger partial charge in [0.15, 0.2) is 5.65 Å². The smallest absolute Gasteiger partial charge is 0.255 e. The molecule has 3 unspecified atom stereocenters.